The molecular weight excluding hydrogens is 673 g/mol. The second-order valence-corrected chi connectivity index (χ2v) is 19.5. The number of nitrogens with one attached hydrogen (secondary N) is 1. The number of aromatic carboxylic acids is 1. The van der Waals surface area contributed by atoms with Crippen molar-refractivity contribution in [2.24, 2.45) is 7.05 Å². The van der Waals surface area contributed by atoms with E-state index in [1.54, 1.807) is 6.07 Å². The third-order valence-electron chi connectivity index (χ3n) is 9.90. The summed E-state index contributed by atoms with van der Waals surface area (Å²) in [5, 5.41) is 18.2. The molecule has 3 aromatic carbocycles. The molecule has 2 heterocycles. The summed E-state index contributed by atoms with van der Waals surface area (Å²) < 4.78 is 33.9. The molecule has 5 aromatic rings. The summed E-state index contributed by atoms with van der Waals surface area (Å²) in [5.74, 6) is -0.673. The molecular formula is C39H49ClFN3O5Si. The molecule has 50 heavy (non-hydrogen) atoms. The SMILES string of the molecule is CCc1c(-c2c(Cl)ccc3c(CCCOc4cccc5cc(F)ccc45)c(C(=O)O)[nH]c23)c(CCCOCCO[Si](C)(C)C(C)(C)C)nn1C. The van der Waals surface area contributed by atoms with Gasteiger partial charge in [0.2, 0.25) is 0 Å². The summed E-state index contributed by atoms with van der Waals surface area (Å²) in [4.78, 5) is 15.8. The van der Waals surface area contributed by atoms with Gasteiger partial charge in [0, 0.05) is 41.2 Å². The van der Waals surface area contributed by atoms with Crippen LogP contribution in [0.15, 0.2) is 48.5 Å². The van der Waals surface area contributed by atoms with Crippen LogP contribution < -0.4 is 4.74 Å². The van der Waals surface area contributed by atoms with Gasteiger partial charge in [0.1, 0.15) is 17.3 Å². The Morgan fingerprint density at radius 3 is 2.46 bits per heavy atom. The number of aromatic nitrogens is 3. The largest absolute Gasteiger partial charge is 0.493 e. The summed E-state index contributed by atoms with van der Waals surface area (Å²) in [6.07, 6.45) is 3.21. The Balaban J connectivity index is 1.33. The number of aryl methyl sites for hydroxylation is 3. The molecule has 0 spiro atoms. The second kappa shape index (κ2) is 15.7. The molecule has 5 rings (SSSR count). The number of carbonyl (C=O) groups is 1. The molecule has 0 unspecified atom stereocenters. The van der Waals surface area contributed by atoms with Crippen LogP contribution in [0.5, 0.6) is 5.75 Å². The summed E-state index contributed by atoms with van der Waals surface area (Å²) in [6.45, 7) is 15.3. The van der Waals surface area contributed by atoms with Gasteiger partial charge in [-0.3, -0.25) is 4.68 Å². The van der Waals surface area contributed by atoms with Gasteiger partial charge >= 0.3 is 5.97 Å². The van der Waals surface area contributed by atoms with Gasteiger partial charge < -0.3 is 24.0 Å². The first-order valence-corrected chi connectivity index (χ1v) is 20.7. The van der Waals surface area contributed by atoms with Crippen LogP contribution in [0.4, 0.5) is 4.39 Å². The molecule has 0 aliphatic heterocycles. The van der Waals surface area contributed by atoms with Crippen molar-refractivity contribution in [3.63, 3.8) is 0 Å². The molecule has 11 heteroatoms. The highest BCUT2D eigenvalue weighted by Crippen LogP contribution is 2.41. The van der Waals surface area contributed by atoms with E-state index in [9.17, 15) is 14.3 Å². The lowest BCUT2D eigenvalue weighted by Crippen LogP contribution is -2.41. The van der Waals surface area contributed by atoms with E-state index in [4.69, 9.17) is 30.6 Å². The maximum atomic E-state index is 13.7. The van der Waals surface area contributed by atoms with Gasteiger partial charge in [-0.2, -0.15) is 5.10 Å². The van der Waals surface area contributed by atoms with E-state index in [1.165, 1.54) is 12.1 Å². The third kappa shape index (κ3) is 8.09. The second-order valence-electron chi connectivity index (χ2n) is 14.3. The Bertz CT molecular complexity index is 1980. The van der Waals surface area contributed by atoms with Gasteiger partial charge in [0.15, 0.2) is 8.32 Å². The first-order valence-electron chi connectivity index (χ1n) is 17.4. The predicted octanol–water partition coefficient (Wildman–Crippen LogP) is 9.76. The fourth-order valence-corrected chi connectivity index (χ4v) is 7.55. The number of benzene rings is 3. The first kappa shape index (κ1) is 37.5. The molecule has 268 valence electrons. The van der Waals surface area contributed by atoms with E-state index in [0.29, 0.717) is 67.5 Å². The van der Waals surface area contributed by atoms with Gasteiger partial charge in [0.05, 0.1) is 36.1 Å². The molecule has 0 aliphatic rings. The molecule has 2 aromatic heterocycles. The highest BCUT2D eigenvalue weighted by Gasteiger charge is 2.36. The van der Waals surface area contributed by atoms with Crippen molar-refractivity contribution in [1.29, 1.82) is 0 Å². The standard InChI is InChI=1S/C39H49ClFN3O5Si/c1-8-32-35(31(43-44(32)5)14-11-20-47-22-23-49-50(6,7)39(2,3)4)34-30(40)19-18-29-28(37(38(45)46)42-36(29)34)13-10-21-48-33-15-9-12-25-24-26(41)16-17-27(25)33/h9,12,15-19,24,42H,8,10-11,13-14,20-23H2,1-7H3,(H,45,46). The Morgan fingerprint density at radius 2 is 1.74 bits per heavy atom. The number of ether oxygens (including phenoxy) is 2. The molecule has 0 amide bonds. The van der Waals surface area contributed by atoms with Gasteiger partial charge in [-0.1, -0.05) is 57.5 Å². The van der Waals surface area contributed by atoms with Crippen LogP contribution in [0.3, 0.4) is 0 Å². The smallest absolute Gasteiger partial charge is 0.352 e. The summed E-state index contributed by atoms with van der Waals surface area (Å²) >= 11 is 6.95. The van der Waals surface area contributed by atoms with E-state index in [0.717, 1.165) is 51.5 Å². The number of aromatic amines is 1. The van der Waals surface area contributed by atoms with Crippen LogP contribution in [-0.2, 0) is 35.5 Å². The van der Waals surface area contributed by atoms with Crippen LogP contribution in [0, 0.1) is 5.82 Å². The van der Waals surface area contributed by atoms with Crippen LogP contribution in [0.25, 0.3) is 32.8 Å². The van der Waals surface area contributed by atoms with Crippen molar-refractivity contribution >= 4 is 47.6 Å². The minimum atomic E-state index is -1.81. The molecule has 2 N–H and O–H groups in total. The minimum absolute atomic E-state index is 0.140. The maximum Gasteiger partial charge on any atom is 0.352 e. The number of rotatable bonds is 16. The topological polar surface area (TPSA) is 98.6 Å². The van der Waals surface area contributed by atoms with Crippen molar-refractivity contribution in [2.75, 3.05) is 26.4 Å². The predicted molar refractivity (Wildman–Crippen MR) is 202 cm³/mol. The lowest BCUT2D eigenvalue weighted by molar-refractivity contribution is 0.0690. The number of fused-ring (bicyclic) bond motifs is 2. The summed E-state index contributed by atoms with van der Waals surface area (Å²) in [7, 11) is 0.122. The van der Waals surface area contributed by atoms with Crippen molar-refractivity contribution in [1.82, 2.24) is 14.8 Å². The zero-order valence-corrected chi connectivity index (χ0v) is 32.0. The number of halogens is 2. The first-order chi connectivity index (χ1) is 23.7. The van der Waals surface area contributed by atoms with Gasteiger partial charge in [0.25, 0.3) is 0 Å². The fourth-order valence-electron chi connectivity index (χ4n) is 6.27. The van der Waals surface area contributed by atoms with Crippen LogP contribution in [0.2, 0.25) is 23.2 Å². The molecule has 0 saturated heterocycles. The quantitative estimate of drug-likeness (QED) is 0.0778. The summed E-state index contributed by atoms with van der Waals surface area (Å²) in [6, 6.07) is 13.9. The third-order valence-corrected chi connectivity index (χ3v) is 14.8. The molecule has 8 nitrogen and oxygen atoms in total. The Morgan fingerprint density at radius 1 is 1.00 bits per heavy atom. The van der Waals surface area contributed by atoms with Crippen LogP contribution in [-0.4, -0.2) is 60.6 Å². The maximum absolute atomic E-state index is 13.7. The molecule has 0 atom stereocenters. The van der Waals surface area contributed by atoms with Crippen LogP contribution in [0.1, 0.15) is 68.0 Å². The van der Waals surface area contributed by atoms with Gasteiger partial charge in [-0.25, -0.2) is 9.18 Å². The Labute approximate surface area is 300 Å². The van der Waals surface area contributed by atoms with Gasteiger partial charge in [-0.15, -0.1) is 0 Å². The van der Waals surface area contributed by atoms with E-state index in [-0.39, 0.29) is 16.5 Å². The zero-order chi connectivity index (χ0) is 36.2. The number of carboxylic acids is 1. The number of H-pyrrole nitrogens is 1. The number of carboxylic acid groups (broad SMARTS) is 1. The number of hydrogen-bond acceptors (Lipinski definition) is 5. The highest BCUT2D eigenvalue weighted by molar-refractivity contribution is 6.74. The lowest BCUT2D eigenvalue weighted by Gasteiger charge is -2.36. The Hall–Kier alpha value is -3.70. The fraction of sp³-hybridized carbons (Fsp3) is 0.436. The zero-order valence-electron chi connectivity index (χ0n) is 30.2. The molecule has 0 fully saturated rings. The van der Waals surface area contributed by atoms with Crippen molar-refractivity contribution in [3.05, 3.63) is 82.0 Å². The molecule has 0 bridgehead atoms. The van der Waals surface area contributed by atoms with Gasteiger partial charge in [-0.05, 0) is 91.5 Å². The van der Waals surface area contributed by atoms with Crippen molar-refractivity contribution < 1.29 is 28.2 Å². The molecule has 0 aliphatic carbocycles. The monoisotopic (exact) mass is 721 g/mol. The summed E-state index contributed by atoms with van der Waals surface area (Å²) in [5.41, 5.74) is 5.15. The van der Waals surface area contributed by atoms with E-state index in [1.807, 2.05) is 42.1 Å². The van der Waals surface area contributed by atoms with E-state index in [2.05, 4.69) is 45.8 Å². The minimum Gasteiger partial charge on any atom is -0.493 e. The average molecular weight is 722 g/mol. The average Bonchev–Trinajstić information content (AvgIpc) is 3.58. The lowest BCUT2D eigenvalue weighted by atomic mass is 9.96. The van der Waals surface area contributed by atoms with Crippen LogP contribution >= 0.6 is 11.6 Å². The van der Waals surface area contributed by atoms with E-state index < -0.39 is 14.3 Å². The number of hydrogen-bond donors (Lipinski definition) is 2. The highest BCUT2D eigenvalue weighted by atomic mass is 35.5. The van der Waals surface area contributed by atoms with Crippen molar-refractivity contribution in [2.45, 2.75) is 77.9 Å². The van der Waals surface area contributed by atoms with E-state index >= 15 is 0 Å². The van der Waals surface area contributed by atoms with Crippen molar-refractivity contribution in [3.8, 4) is 16.9 Å². The molecule has 0 saturated carbocycles. The Kier molecular flexibility index (Phi) is 11.8. The number of nitrogens with zero attached hydrogens (tertiary/aromatic N) is 2. The normalized spacial score (nSPS) is 12.3. The molecule has 0 radical (unpaired) electrons.